The monoisotopic (exact) mass is 360 g/mol. The van der Waals surface area contributed by atoms with Gasteiger partial charge in [-0.05, 0) is 60.9 Å². The molecule has 5 nitrogen and oxygen atoms in total. The van der Waals surface area contributed by atoms with Crippen LogP contribution in [0.3, 0.4) is 0 Å². The number of anilines is 1. The lowest BCUT2D eigenvalue weighted by molar-refractivity contribution is -0.112. The molecule has 0 radical (unpaired) electrons. The number of aryl methyl sites for hydroxylation is 2. The Bertz CT molecular complexity index is 962. The van der Waals surface area contributed by atoms with Crippen molar-refractivity contribution in [3.05, 3.63) is 58.7 Å². The quantitative estimate of drug-likeness (QED) is 0.482. The van der Waals surface area contributed by atoms with Gasteiger partial charge in [-0.2, -0.15) is 5.26 Å². The average molecular weight is 360 g/mol. The third kappa shape index (κ3) is 5.14. The van der Waals surface area contributed by atoms with E-state index in [2.05, 4.69) is 11.2 Å². The molecule has 0 aliphatic rings. The molecule has 0 spiro atoms. The second-order valence-corrected chi connectivity index (χ2v) is 5.83. The number of hydrogen-bond acceptors (Lipinski definition) is 4. The number of amides is 1. The minimum Gasteiger partial charge on any atom is -0.493 e. The van der Waals surface area contributed by atoms with E-state index < -0.39 is 5.91 Å². The molecule has 0 unspecified atom stereocenters. The van der Waals surface area contributed by atoms with Crippen LogP contribution in [0.4, 0.5) is 5.69 Å². The Kier molecular flexibility index (Phi) is 6.63. The summed E-state index contributed by atoms with van der Waals surface area (Å²) in [6, 6.07) is 12.6. The van der Waals surface area contributed by atoms with Crippen LogP contribution in [-0.2, 0) is 4.79 Å². The first-order valence-corrected chi connectivity index (χ1v) is 8.23. The van der Waals surface area contributed by atoms with Crippen LogP contribution < -0.4 is 14.8 Å². The van der Waals surface area contributed by atoms with Crippen LogP contribution in [0.25, 0.3) is 6.08 Å². The van der Waals surface area contributed by atoms with Crippen molar-refractivity contribution in [2.45, 2.75) is 13.8 Å². The van der Waals surface area contributed by atoms with E-state index in [1.54, 1.807) is 24.3 Å². The van der Waals surface area contributed by atoms with Crippen LogP contribution in [-0.4, -0.2) is 19.6 Å². The number of benzene rings is 2. The number of hydrogen-bond donors (Lipinski definition) is 1. The highest BCUT2D eigenvalue weighted by Crippen LogP contribution is 2.29. The van der Waals surface area contributed by atoms with Crippen LogP contribution in [0.15, 0.2) is 42.0 Å². The number of ether oxygens (including phenoxy) is 2. The minimum absolute atomic E-state index is 0.0208. The van der Waals surface area contributed by atoms with Crippen LogP contribution >= 0.6 is 0 Å². The minimum atomic E-state index is -0.479. The van der Waals surface area contributed by atoms with E-state index in [1.807, 2.05) is 32.0 Å². The molecule has 136 valence electrons. The summed E-state index contributed by atoms with van der Waals surface area (Å²) >= 11 is 0. The molecule has 5 heteroatoms. The van der Waals surface area contributed by atoms with Crippen molar-refractivity contribution in [2.24, 2.45) is 0 Å². The molecule has 0 saturated carbocycles. The molecule has 0 aliphatic heterocycles. The summed E-state index contributed by atoms with van der Waals surface area (Å²) < 4.78 is 10.7. The van der Waals surface area contributed by atoms with Gasteiger partial charge in [0.05, 0.1) is 7.11 Å². The summed E-state index contributed by atoms with van der Waals surface area (Å²) in [6.45, 7) is 4.07. The zero-order valence-corrected chi connectivity index (χ0v) is 15.5. The van der Waals surface area contributed by atoms with Crippen LogP contribution in [0.1, 0.15) is 16.7 Å². The van der Waals surface area contributed by atoms with Crippen LogP contribution in [0.5, 0.6) is 11.5 Å². The zero-order chi connectivity index (χ0) is 19.8. The van der Waals surface area contributed by atoms with Gasteiger partial charge in [-0.3, -0.25) is 4.79 Å². The molecule has 0 aromatic heterocycles. The summed E-state index contributed by atoms with van der Waals surface area (Å²) in [6.07, 6.45) is 6.68. The summed E-state index contributed by atoms with van der Waals surface area (Å²) in [5.41, 5.74) is 3.44. The van der Waals surface area contributed by atoms with E-state index in [0.717, 1.165) is 11.1 Å². The van der Waals surface area contributed by atoms with Crippen molar-refractivity contribution >= 4 is 17.7 Å². The van der Waals surface area contributed by atoms with E-state index in [9.17, 15) is 10.1 Å². The number of nitrogens with zero attached hydrogens (tertiary/aromatic N) is 1. The first-order chi connectivity index (χ1) is 13.0. The molecular formula is C22H20N2O3. The lowest BCUT2D eigenvalue weighted by atomic mass is 10.1. The molecule has 2 aromatic carbocycles. The van der Waals surface area contributed by atoms with E-state index in [0.29, 0.717) is 22.7 Å². The first-order valence-electron chi connectivity index (χ1n) is 8.23. The van der Waals surface area contributed by atoms with Crippen molar-refractivity contribution in [1.82, 2.24) is 0 Å². The van der Waals surface area contributed by atoms with Gasteiger partial charge in [-0.15, -0.1) is 6.42 Å². The third-order valence-electron chi connectivity index (χ3n) is 3.94. The van der Waals surface area contributed by atoms with Crippen molar-refractivity contribution in [3.8, 4) is 29.9 Å². The van der Waals surface area contributed by atoms with E-state index >= 15 is 0 Å². The van der Waals surface area contributed by atoms with Crippen LogP contribution in [0, 0.1) is 37.5 Å². The Morgan fingerprint density at radius 1 is 1.19 bits per heavy atom. The summed E-state index contributed by atoms with van der Waals surface area (Å²) in [5, 5.41) is 12.1. The molecule has 2 rings (SSSR count). The molecular weight excluding hydrogens is 340 g/mol. The van der Waals surface area contributed by atoms with Gasteiger partial charge in [0.2, 0.25) is 0 Å². The van der Waals surface area contributed by atoms with Crippen molar-refractivity contribution in [3.63, 3.8) is 0 Å². The number of carbonyl (C=O) groups excluding carboxylic acids is 1. The van der Waals surface area contributed by atoms with Crippen molar-refractivity contribution in [2.75, 3.05) is 19.0 Å². The smallest absolute Gasteiger partial charge is 0.266 e. The Morgan fingerprint density at radius 2 is 1.96 bits per heavy atom. The van der Waals surface area contributed by atoms with Gasteiger partial charge in [0, 0.05) is 5.69 Å². The topological polar surface area (TPSA) is 71.3 Å². The van der Waals surface area contributed by atoms with Crippen LogP contribution in [0.2, 0.25) is 0 Å². The zero-order valence-electron chi connectivity index (χ0n) is 15.5. The normalized spacial score (nSPS) is 10.5. The lowest BCUT2D eigenvalue weighted by Crippen LogP contribution is -2.13. The van der Waals surface area contributed by atoms with Gasteiger partial charge >= 0.3 is 0 Å². The van der Waals surface area contributed by atoms with Gasteiger partial charge in [-0.1, -0.05) is 18.1 Å². The fourth-order valence-corrected chi connectivity index (χ4v) is 2.35. The number of nitriles is 1. The number of nitrogens with one attached hydrogen (secondary N) is 1. The number of methoxy groups -OCH3 is 1. The molecule has 2 aromatic rings. The van der Waals surface area contributed by atoms with E-state index in [1.165, 1.54) is 13.2 Å². The Balaban J connectivity index is 2.24. The standard InChI is InChI=1S/C22H20N2O3/c1-5-10-27-20-9-7-17(13-21(20)26-4)12-18(14-23)22(25)24-19-8-6-15(2)16(3)11-19/h1,6-9,11-13H,10H2,2-4H3,(H,24,25)/b18-12+. The fourth-order valence-electron chi connectivity index (χ4n) is 2.35. The lowest BCUT2D eigenvalue weighted by Gasteiger charge is -2.10. The van der Waals surface area contributed by atoms with Crippen molar-refractivity contribution < 1.29 is 14.3 Å². The van der Waals surface area contributed by atoms with Gasteiger partial charge in [0.25, 0.3) is 5.91 Å². The maximum absolute atomic E-state index is 12.4. The molecule has 0 saturated heterocycles. The van der Waals surface area contributed by atoms with E-state index in [-0.39, 0.29) is 12.2 Å². The van der Waals surface area contributed by atoms with Gasteiger partial charge in [0.15, 0.2) is 11.5 Å². The summed E-state index contributed by atoms with van der Waals surface area (Å²) in [4.78, 5) is 12.4. The highest BCUT2D eigenvalue weighted by Gasteiger charge is 2.11. The molecule has 1 N–H and O–H groups in total. The maximum atomic E-state index is 12.4. The Labute approximate surface area is 159 Å². The van der Waals surface area contributed by atoms with Gasteiger partial charge < -0.3 is 14.8 Å². The second kappa shape index (κ2) is 9.12. The largest absolute Gasteiger partial charge is 0.493 e. The molecule has 27 heavy (non-hydrogen) atoms. The predicted octanol–water partition coefficient (Wildman–Crippen LogP) is 3.87. The molecule has 0 aliphatic carbocycles. The first kappa shape index (κ1) is 19.6. The molecule has 0 fully saturated rings. The molecule has 1 amide bonds. The molecule has 0 bridgehead atoms. The van der Waals surface area contributed by atoms with Crippen molar-refractivity contribution in [1.29, 1.82) is 5.26 Å². The summed E-state index contributed by atoms with van der Waals surface area (Å²) in [5.74, 6) is 2.86. The maximum Gasteiger partial charge on any atom is 0.266 e. The second-order valence-electron chi connectivity index (χ2n) is 5.83. The Hall–Kier alpha value is -3.70. The molecule has 0 heterocycles. The fraction of sp³-hybridized carbons (Fsp3) is 0.182. The SMILES string of the molecule is C#CCOc1ccc(/C=C(\C#N)C(=O)Nc2ccc(C)c(C)c2)cc1OC. The Morgan fingerprint density at radius 3 is 2.59 bits per heavy atom. The van der Waals surface area contributed by atoms with E-state index in [4.69, 9.17) is 15.9 Å². The summed E-state index contributed by atoms with van der Waals surface area (Å²) in [7, 11) is 1.50. The van der Waals surface area contributed by atoms with Gasteiger partial charge in [0.1, 0.15) is 18.2 Å². The highest BCUT2D eigenvalue weighted by atomic mass is 16.5. The predicted molar refractivity (Wildman–Crippen MR) is 105 cm³/mol. The third-order valence-corrected chi connectivity index (χ3v) is 3.94. The number of terminal acetylenes is 1. The number of carbonyl (C=O) groups is 1. The number of rotatable bonds is 6. The van der Waals surface area contributed by atoms with Gasteiger partial charge in [-0.25, -0.2) is 0 Å². The average Bonchev–Trinajstić information content (AvgIpc) is 2.67. The molecule has 0 atom stereocenters. The highest BCUT2D eigenvalue weighted by molar-refractivity contribution is 6.09.